The Hall–Kier alpha value is -2.78. The fourth-order valence-corrected chi connectivity index (χ4v) is 3.81. The number of carbonyl (C=O) groups excluding carboxylic acids is 3. The largest absolute Gasteiger partial charge is 0.462 e. The van der Waals surface area contributed by atoms with Crippen LogP contribution >= 0.6 is 11.3 Å². The zero-order valence-electron chi connectivity index (χ0n) is 15.9. The van der Waals surface area contributed by atoms with E-state index in [1.807, 2.05) is 7.05 Å². The minimum absolute atomic E-state index is 0.114. The van der Waals surface area contributed by atoms with Gasteiger partial charge in [0.1, 0.15) is 17.4 Å². The van der Waals surface area contributed by atoms with Crippen LogP contribution in [0.5, 0.6) is 0 Å². The quantitative estimate of drug-likeness (QED) is 0.570. The number of primary amides is 1. The van der Waals surface area contributed by atoms with E-state index in [1.165, 1.54) is 12.1 Å². The maximum absolute atomic E-state index is 13.0. The summed E-state index contributed by atoms with van der Waals surface area (Å²) in [6, 6.07) is 6.07. The molecule has 0 aliphatic heterocycles. The van der Waals surface area contributed by atoms with Crippen LogP contribution in [0, 0.1) is 12.7 Å². The van der Waals surface area contributed by atoms with Gasteiger partial charge in [0.2, 0.25) is 0 Å². The van der Waals surface area contributed by atoms with Gasteiger partial charge in [0, 0.05) is 5.56 Å². The molecule has 150 valence electrons. The third-order valence-corrected chi connectivity index (χ3v) is 5.21. The predicted octanol–water partition coefficient (Wildman–Crippen LogP) is 1.12. The number of rotatable bonds is 8. The number of esters is 1. The van der Waals surface area contributed by atoms with Crippen molar-refractivity contribution in [3.63, 3.8) is 0 Å². The molecule has 0 aliphatic rings. The number of halogens is 1. The molecule has 1 atom stereocenters. The van der Waals surface area contributed by atoms with Crippen LogP contribution in [0.1, 0.15) is 38.1 Å². The molecule has 0 saturated carbocycles. The van der Waals surface area contributed by atoms with Crippen LogP contribution in [0.25, 0.3) is 0 Å². The number of carbonyl (C=O) groups is 3. The Morgan fingerprint density at radius 3 is 2.46 bits per heavy atom. The maximum Gasteiger partial charge on any atom is 0.341 e. The van der Waals surface area contributed by atoms with Crippen molar-refractivity contribution in [1.29, 1.82) is 0 Å². The monoisotopic (exact) mass is 408 g/mol. The number of nitrogens with two attached hydrogens (primary N) is 1. The van der Waals surface area contributed by atoms with E-state index in [2.05, 4.69) is 5.32 Å². The molecule has 2 amide bonds. The molecule has 1 aromatic heterocycles. The molecule has 4 N–H and O–H groups in total. The summed E-state index contributed by atoms with van der Waals surface area (Å²) < 4.78 is 18.0. The van der Waals surface area contributed by atoms with Crippen molar-refractivity contribution in [2.75, 3.05) is 25.5 Å². The summed E-state index contributed by atoms with van der Waals surface area (Å²) in [6.07, 6.45) is 0. The van der Waals surface area contributed by atoms with E-state index < -0.39 is 11.9 Å². The van der Waals surface area contributed by atoms with Crippen molar-refractivity contribution in [1.82, 2.24) is 0 Å². The minimum Gasteiger partial charge on any atom is -0.462 e. The SMILES string of the molecule is CCOC(=O)c1c(NC(=O)C[NH+](C)Cc2ccc(F)cc2)sc(C(N)=O)c1C. The molecule has 0 aliphatic carbocycles. The first-order valence-corrected chi connectivity index (χ1v) is 9.50. The van der Waals surface area contributed by atoms with E-state index in [9.17, 15) is 18.8 Å². The number of thiophene rings is 1. The van der Waals surface area contributed by atoms with E-state index in [4.69, 9.17) is 10.5 Å². The lowest BCUT2D eigenvalue weighted by Crippen LogP contribution is -3.08. The van der Waals surface area contributed by atoms with E-state index in [0.717, 1.165) is 21.8 Å². The first-order chi connectivity index (χ1) is 13.2. The normalized spacial score (nSPS) is 11.7. The lowest BCUT2D eigenvalue weighted by atomic mass is 10.1. The zero-order chi connectivity index (χ0) is 20.8. The van der Waals surface area contributed by atoms with Crippen LogP contribution in [0.2, 0.25) is 0 Å². The van der Waals surface area contributed by atoms with Gasteiger partial charge in [-0.15, -0.1) is 11.3 Å². The highest BCUT2D eigenvalue weighted by molar-refractivity contribution is 7.18. The van der Waals surface area contributed by atoms with E-state index in [1.54, 1.807) is 26.0 Å². The van der Waals surface area contributed by atoms with Crippen LogP contribution < -0.4 is 16.0 Å². The Labute approximate surface area is 166 Å². The molecule has 0 fully saturated rings. The Balaban J connectivity index is 2.11. The summed E-state index contributed by atoms with van der Waals surface area (Å²) in [7, 11) is 1.82. The molecule has 2 aromatic rings. The smallest absolute Gasteiger partial charge is 0.341 e. The molecule has 9 heteroatoms. The number of amides is 2. The van der Waals surface area contributed by atoms with Gasteiger partial charge in [-0.3, -0.25) is 9.59 Å². The number of nitrogens with one attached hydrogen (secondary N) is 2. The molecule has 1 heterocycles. The second-order valence-electron chi connectivity index (χ2n) is 6.33. The van der Waals surface area contributed by atoms with Crippen molar-refractivity contribution in [2.24, 2.45) is 5.73 Å². The van der Waals surface area contributed by atoms with Crippen molar-refractivity contribution in [3.05, 3.63) is 51.7 Å². The van der Waals surface area contributed by atoms with Gasteiger partial charge in [-0.05, 0) is 31.5 Å². The molecule has 0 radical (unpaired) electrons. The Kier molecular flexibility index (Phi) is 7.24. The second kappa shape index (κ2) is 9.43. The first kappa shape index (κ1) is 21.5. The Bertz CT molecular complexity index is 880. The van der Waals surface area contributed by atoms with Gasteiger partial charge in [-0.2, -0.15) is 0 Å². The van der Waals surface area contributed by atoms with Gasteiger partial charge in [-0.25, -0.2) is 9.18 Å². The number of anilines is 1. The highest BCUT2D eigenvalue weighted by Crippen LogP contribution is 2.33. The summed E-state index contributed by atoms with van der Waals surface area (Å²) in [5.41, 5.74) is 6.78. The summed E-state index contributed by atoms with van der Waals surface area (Å²) in [5.74, 6) is -1.94. The van der Waals surface area contributed by atoms with Crippen molar-refractivity contribution in [3.8, 4) is 0 Å². The molecule has 0 saturated heterocycles. The van der Waals surface area contributed by atoms with Crippen molar-refractivity contribution >= 4 is 34.1 Å². The average molecular weight is 408 g/mol. The third kappa shape index (κ3) is 5.37. The first-order valence-electron chi connectivity index (χ1n) is 8.68. The van der Waals surface area contributed by atoms with E-state index in [0.29, 0.717) is 12.1 Å². The number of quaternary nitrogens is 1. The van der Waals surface area contributed by atoms with Crippen LogP contribution in [0.4, 0.5) is 9.39 Å². The molecule has 7 nitrogen and oxygen atoms in total. The van der Waals surface area contributed by atoms with E-state index >= 15 is 0 Å². The molecule has 0 bridgehead atoms. The number of likely N-dealkylation sites (N-methyl/N-ethyl adjacent to an activating group) is 1. The standard InChI is InChI=1S/C19H22FN3O4S/c1-4-27-19(26)15-11(2)16(17(21)25)28-18(15)22-14(24)10-23(3)9-12-5-7-13(20)8-6-12/h5-8H,4,9-10H2,1-3H3,(H2,21,25)(H,22,24)/p+1. The lowest BCUT2D eigenvalue weighted by Gasteiger charge is -2.14. The zero-order valence-corrected chi connectivity index (χ0v) is 16.7. The predicted molar refractivity (Wildman–Crippen MR) is 104 cm³/mol. The summed E-state index contributed by atoms with van der Waals surface area (Å²) in [6.45, 7) is 4.06. The molecular weight excluding hydrogens is 385 g/mol. The molecule has 2 rings (SSSR count). The Morgan fingerprint density at radius 2 is 1.89 bits per heavy atom. The second-order valence-corrected chi connectivity index (χ2v) is 7.35. The minimum atomic E-state index is -0.674. The highest BCUT2D eigenvalue weighted by Gasteiger charge is 2.26. The maximum atomic E-state index is 13.0. The molecule has 28 heavy (non-hydrogen) atoms. The van der Waals surface area contributed by atoms with Crippen LogP contribution in [-0.2, 0) is 16.1 Å². The fraction of sp³-hybridized carbons (Fsp3) is 0.316. The average Bonchev–Trinajstić information content (AvgIpc) is 2.93. The van der Waals surface area contributed by atoms with Gasteiger partial charge in [-0.1, -0.05) is 12.1 Å². The molecular formula is C19H23FN3O4S+. The van der Waals surface area contributed by atoms with Gasteiger partial charge >= 0.3 is 5.97 Å². The number of ether oxygens (including phenoxy) is 1. The Morgan fingerprint density at radius 1 is 1.25 bits per heavy atom. The lowest BCUT2D eigenvalue weighted by molar-refractivity contribution is -0.885. The van der Waals surface area contributed by atoms with Gasteiger partial charge < -0.3 is 20.7 Å². The van der Waals surface area contributed by atoms with Crippen molar-refractivity contribution in [2.45, 2.75) is 20.4 Å². The van der Waals surface area contributed by atoms with Crippen molar-refractivity contribution < 1.29 is 28.4 Å². The van der Waals surface area contributed by atoms with Crippen LogP contribution in [0.15, 0.2) is 24.3 Å². The topological polar surface area (TPSA) is 103 Å². The third-order valence-electron chi connectivity index (χ3n) is 3.98. The number of benzene rings is 1. The molecule has 1 unspecified atom stereocenters. The van der Waals surface area contributed by atoms with Gasteiger partial charge in [0.15, 0.2) is 6.54 Å². The number of hydrogen-bond acceptors (Lipinski definition) is 5. The summed E-state index contributed by atoms with van der Waals surface area (Å²) in [4.78, 5) is 37.3. The van der Waals surface area contributed by atoms with Gasteiger partial charge in [0.05, 0.1) is 24.1 Å². The van der Waals surface area contributed by atoms with Crippen LogP contribution in [-0.4, -0.2) is 38.0 Å². The number of hydrogen-bond donors (Lipinski definition) is 3. The fourth-order valence-electron chi connectivity index (χ4n) is 2.74. The van der Waals surface area contributed by atoms with Crippen LogP contribution in [0.3, 0.4) is 0 Å². The summed E-state index contributed by atoms with van der Waals surface area (Å²) in [5, 5.41) is 2.92. The highest BCUT2D eigenvalue weighted by atomic mass is 32.1. The van der Waals surface area contributed by atoms with Gasteiger partial charge in [0.25, 0.3) is 11.8 Å². The molecule has 0 spiro atoms. The summed E-state index contributed by atoms with van der Waals surface area (Å²) >= 11 is 0.951. The molecule has 1 aromatic carbocycles. The van der Waals surface area contributed by atoms with E-state index in [-0.39, 0.29) is 40.3 Å².